The minimum atomic E-state index is -0.683. The molecule has 0 radical (unpaired) electrons. The van der Waals surface area contributed by atoms with Crippen molar-refractivity contribution in [2.75, 3.05) is 11.1 Å². The Hall–Kier alpha value is -4.15. The van der Waals surface area contributed by atoms with Gasteiger partial charge < -0.3 is 21.3 Å². The minimum Gasteiger partial charge on any atom is -0.383 e. The summed E-state index contributed by atoms with van der Waals surface area (Å²) < 4.78 is 7.62. The van der Waals surface area contributed by atoms with Crippen molar-refractivity contribution in [3.8, 4) is 5.82 Å². The van der Waals surface area contributed by atoms with Gasteiger partial charge in [-0.05, 0) is 19.1 Å². The highest BCUT2D eigenvalue weighted by Crippen LogP contribution is 2.19. The van der Waals surface area contributed by atoms with E-state index in [-0.39, 0.29) is 34.1 Å². The second-order valence-electron chi connectivity index (χ2n) is 5.74. The molecule has 0 fully saturated rings. The fourth-order valence-electron chi connectivity index (χ4n) is 2.60. The highest BCUT2D eigenvalue weighted by molar-refractivity contribution is 5.98. The normalized spacial score (nSPS) is 11.0. The molecule has 1 amide bonds. The highest BCUT2D eigenvalue weighted by atomic mass is 16.5. The van der Waals surface area contributed by atoms with E-state index in [0.717, 1.165) is 0 Å². The summed E-state index contributed by atoms with van der Waals surface area (Å²) in [6, 6.07) is 6.38. The van der Waals surface area contributed by atoms with Crippen LogP contribution in [-0.4, -0.2) is 30.2 Å². The molecule has 27 heavy (non-hydrogen) atoms. The number of fused-ring (bicyclic) bond motifs is 1. The number of hydrogen-bond acceptors (Lipinski definition) is 8. The summed E-state index contributed by atoms with van der Waals surface area (Å²) in [5.74, 6) is 0.732. The number of nitrogens with zero attached hydrogens (tertiary/aromatic N) is 5. The lowest BCUT2D eigenvalue weighted by Gasteiger charge is -2.09. The fraction of sp³-hybridized carbons (Fsp3) is 0.0625. The Morgan fingerprint density at radius 3 is 2.85 bits per heavy atom. The highest BCUT2D eigenvalue weighted by Gasteiger charge is 2.15. The average Bonchev–Trinajstić information content (AvgIpc) is 3.23. The van der Waals surface area contributed by atoms with Crippen LogP contribution in [0.2, 0.25) is 0 Å². The zero-order chi connectivity index (χ0) is 19.1. The van der Waals surface area contributed by atoms with Crippen LogP contribution in [0.25, 0.3) is 11.5 Å². The molecule has 11 heteroatoms. The molecular weight excluding hydrogens is 352 g/mol. The van der Waals surface area contributed by atoms with E-state index in [4.69, 9.17) is 16.0 Å². The van der Waals surface area contributed by atoms with Crippen molar-refractivity contribution in [1.82, 2.24) is 24.3 Å². The van der Waals surface area contributed by atoms with Crippen LogP contribution in [-0.2, 0) is 0 Å². The molecule has 0 atom stereocenters. The summed E-state index contributed by atoms with van der Waals surface area (Å²) in [6.45, 7) is 1.73. The van der Waals surface area contributed by atoms with E-state index in [2.05, 4.69) is 20.6 Å². The molecule has 0 unspecified atom stereocenters. The number of nitrogens with one attached hydrogen (secondary N) is 1. The van der Waals surface area contributed by atoms with Gasteiger partial charge in [-0.25, -0.2) is 4.98 Å². The van der Waals surface area contributed by atoms with Gasteiger partial charge in [0, 0.05) is 18.3 Å². The van der Waals surface area contributed by atoms with Crippen LogP contribution in [0.3, 0.4) is 0 Å². The number of pyridine rings is 1. The Kier molecular flexibility index (Phi) is 3.62. The van der Waals surface area contributed by atoms with Crippen LogP contribution in [0.4, 0.5) is 17.3 Å². The van der Waals surface area contributed by atoms with Crippen LogP contribution in [0.5, 0.6) is 0 Å². The number of amides is 1. The first-order valence-electron chi connectivity index (χ1n) is 7.80. The third-order valence-electron chi connectivity index (χ3n) is 3.84. The molecule has 4 aromatic rings. The molecule has 11 nitrogen and oxygen atoms in total. The van der Waals surface area contributed by atoms with Crippen LogP contribution < -0.4 is 22.3 Å². The number of aryl methyl sites for hydroxylation is 1. The van der Waals surface area contributed by atoms with E-state index < -0.39 is 5.91 Å². The number of carbonyl (C=O) groups is 1. The molecule has 4 rings (SSSR count). The average molecular weight is 366 g/mol. The predicted octanol–water partition coefficient (Wildman–Crippen LogP) is 0.601. The van der Waals surface area contributed by atoms with E-state index in [9.17, 15) is 9.59 Å². The second kappa shape index (κ2) is 5.98. The summed E-state index contributed by atoms with van der Waals surface area (Å²) in [7, 11) is 0. The first-order chi connectivity index (χ1) is 12.9. The third kappa shape index (κ3) is 2.76. The van der Waals surface area contributed by atoms with Gasteiger partial charge in [0.05, 0.1) is 6.20 Å². The molecule has 4 aromatic heterocycles. The van der Waals surface area contributed by atoms with Gasteiger partial charge in [-0.1, -0.05) is 5.16 Å². The molecule has 0 spiro atoms. The monoisotopic (exact) mass is 366 g/mol. The number of nitrogen functional groups attached to an aromatic ring is 1. The Balaban J connectivity index is 1.78. The number of aromatic nitrogens is 5. The molecule has 5 N–H and O–H groups in total. The predicted molar refractivity (Wildman–Crippen MR) is 96.0 cm³/mol. The fourth-order valence-corrected chi connectivity index (χ4v) is 2.60. The lowest BCUT2D eigenvalue weighted by molar-refractivity contribution is 0.100. The van der Waals surface area contributed by atoms with Gasteiger partial charge in [0.15, 0.2) is 11.5 Å². The van der Waals surface area contributed by atoms with E-state index in [1.54, 1.807) is 31.3 Å². The molecule has 0 saturated carbocycles. The van der Waals surface area contributed by atoms with Crippen LogP contribution in [0.1, 0.15) is 16.1 Å². The zero-order valence-corrected chi connectivity index (χ0v) is 14.1. The Morgan fingerprint density at radius 1 is 1.33 bits per heavy atom. The van der Waals surface area contributed by atoms with Gasteiger partial charge in [-0.2, -0.15) is 9.61 Å². The summed E-state index contributed by atoms with van der Waals surface area (Å²) in [5, 5.41) is 10.7. The minimum absolute atomic E-state index is 0.119. The van der Waals surface area contributed by atoms with Crippen LogP contribution >= 0.6 is 0 Å². The molecule has 0 aromatic carbocycles. The lowest BCUT2D eigenvalue weighted by Crippen LogP contribution is -2.21. The Bertz CT molecular complexity index is 1240. The van der Waals surface area contributed by atoms with Crippen molar-refractivity contribution in [3.05, 3.63) is 58.3 Å². The first-order valence-corrected chi connectivity index (χ1v) is 7.80. The van der Waals surface area contributed by atoms with Gasteiger partial charge in [0.2, 0.25) is 0 Å². The van der Waals surface area contributed by atoms with Gasteiger partial charge in [-0.3, -0.25) is 14.2 Å². The van der Waals surface area contributed by atoms with Gasteiger partial charge in [-0.15, -0.1) is 0 Å². The zero-order valence-electron chi connectivity index (χ0n) is 14.1. The van der Waals surface area contributed by atoms with Crippen molar-refractivity contribution in [3.63, 3.8) is 0 Å². The Labute approximate surface area is 151 Å². The summed E-state index contributed by atoms with van der Waals surface area (Å²) in [6.07, 6.45) is 2.85. The van der Waals surface area contributed by atoms with Crippen molar-refractivity contribution in [2.45, 2.75) is 6.92 Å². The number of rotatable bonds is 4. The summed E-state index contributed by atoms with van der Waals surface area (Å²) in [4.78, 5) is 28.5. The van der Waals surface area contributed by atoms with Gasteiger partial charge >= 0.3 is 0 Å². The standard InChI is InChI=1S/C16H14N8O3/c1-8-5-13(22-27-8)23-4-2-3-10(16(23)26)20-12-6-11(17)24-15(21-12)9(7-19-24)14(18)25/h2-7H,17H2,1H3,(H2,18,25)(H,20,21). The molecule has 0 bridgehead atoms. The van der Waals surface area contributed by atoms with Gasteiger partial charge in [0.25, 0.3) is 11.5 Å². The summed E-state index contributed by atoms with van der Waals surface area (Å²) in [5.41, 5.74) is 11.4. The molecule has 0 aliphatic carbocycles. The van der Waals surface area contributed by atoms with E-state index in [1.165, 1.54) is 21.3 Å². The van der Waals surface area contributed by atoms with E-state index >= 15 is 0 Å². The van der Waals surface area contributed by atoms with Crippen LogP contribution in [0, 0.1) is 6.92 Å². The topological polar surface area (TPSA) is 159 Å². The molecule has 0 saturated heterocycles. The number of carbonyl (C=O) groups excluding carboxylic acids is 1. The Morgan fingerprint density at radius 2 is 2.15 bits per heavy atom. The third-order valence-corrected chi connectivity index (χ3v) is 3.84. The van der Waals surface area contributed by atoms with Gasteiger partial charge in [0.1, 0.15) is 28.6 Å². The maximum absolute atomic E-state index is 12.7. The molecule has 4 heterocycles. The molecular formula is C16H14N8O3. The maximum atomic E-state index is 12.7. The number of primary amides is 1. The summed E-state index contributed by atoms with van der Waals surface area (Å²) >= 11 is 0. The van der Waals surface area contributed by atoms with Crippen molar-refractivity contribution in [2.24, 2.45) is 5.73 Å². The molecule has 0 aliphatic rings. The molecule has 0 aliphatic heterocycles. The second-order valence-corrected chi connectivity index (χ2v) is 5.74. The first kappa shape index (κ1) is 16.3. The largest absolute Gasteiger partial charge is 0.383 e. The van der Waals surface area contributed by atoms with E-state index in [0.29, 0.717) is 11.6 Å². The van der Waals surface area contributed by atoms with Crippen LogP contribution in [0.15, 0.2) is 46.0 Å². The maximum Gasteiger partial charge on any atom is 0.280 e. The van der Waals surface area contributed by atoms with Crippen molar-refractivity contribution >= 4 is 28.9 Å². The van der Waals surface area contributed by atoms with Crippen molar-refractivity contribution < 1.29 is 9.32 Å². The quantitative estimate of drug-likeness (QED) is 0.473. The molecule has 136 valence electrons. The number of nitrogens with two attached hydrogens (primary N) is 2. The number of hydrogen-bond donors (Lipinski definition) is 3. The smallest absolute Gasteiger partial charge is 0.280 e. The lowest BCUT2D eigenvalue weighted by atomic mass is 10.3. The SMILES string of the molecule is Cc1cc(-n2cccc(Nc3cc(N)n4ncc(C(N)=O)c4n3)c2=O)no1. The van der Waals surface area contributed by atoms with Crippen molar-refractivity contribution in [1.29, 1.82) is 0 Å². The van der Waals surface area contributed by atoms with E-state index in [1.807, 2.05) is 0 Å². The number of anilines is 3.